The first-order valence-electron chi connectivity index (χ1n) is 8.71. The van der Waals surface area contributed by atoms with Crippen LogP contribution in [-0.4, -0.2) is 30.1 Å². The van der Waals surface area contributed by atoms with Gasteiger partial charge in [-0.05, 0) is 49.2 Å². The summed E-state index contributed by atoms with van der Waals surface area (Å²) in [6, 6.07) is 12.8. The predicted octanol–water partition coefficient (Wildman–Crippen LogP) is 4.11. The maximum Gasteiger partial charge on any atom is 0.274 e. The summed E-state index contributed by atoms with van der Waals surface area (Å²) in [6.07, 6.45) is 1.53. The fourth-order valence-electron chi connectivity index (χ4n) is 2.62. The average molecular weight is 378 g/mol. The first kappa shape index (κ1) is 19.2. The van der Waals surface area contributed by atoms with Gasteiger partial charge >= 0.3 is 0 Å². The summed E-state index contributed by atoms with van der Waals surface area (Å²) in [5.74, 6) is 1.23. The minimum Gasteiger partial charge on any atom is -0.497 e. The lowest BCUT2D eigenvalue weighted by molar-refractivity contribution is 0.102. The van der Waals surface area contributed by atoms with Crippen molar-refractivity contribution in [3.8, 4) is 11.5 Å². The third-order valence-electron chi connectivity index (χ3n) is 4.18. The number of rotatable bonds is 6. The van der Waals surface area contributed by atoms with Gasteiger partial charge in [0, 0.05) is 18.0 Å². The molecule has 1 aromatic heterocycles. The molecule has 0 fully saturated rings. The van der Waals surface area contributed by atoms with Crippen LogP contribution in [0.2, 0.25) is 0 Å². The minimum absolute atomic E-state index is 0.255. The third kappa shape index (κ3) is 4.37. The standard InChI is InChI=1S/C21H22N4O3/c1-13-5-6-14(2)18(11-13)23-20(26)17-9-10-22-21(25-17)24-16-8-7-15(27-3)12-19(16)28-4/h5-12H,1-4H3,(H,23,26)(H,22,24,25). The molecular formula is C21H22N4O3. The summed E-state index contributed by atoms with van der Waals surface area (Å²) >= 11 is 0. The predicted molar refractivity (Wildman–Crippen MR) is 109 cm³/mol. The van der Waals surface area contributed by atoms with Crippen molar-refractivity contribution in [2.24, 2.45) is 0 Å². The van der Waals surface area contributed by atoms with Gasteiger partial charge in [0.1, 0.15) is 17.2 Å². The van der Waals surface area contributed by atoms with Gasteiger partial charge in [-0.2, -0.15) is 0 Å². The van der Waals surface area contributed by atoms with Gasteiger partial charge in [0.25, 0.3) is 5.91 Å². The molecule has 1 amide bonds. The summed E-state index contributed by atoms with van der Waals surface area (Å²) in [5.41, 5.74) is 3.73. The summed E-state index contributed by atoms with van der Waals surface area (Å²) in [6.45, 7) is 3.92. The van der Waals surface area contributed by atoms with Crippen LogP contribution >= 0.6 is 0 Å². The Morgan fingerprint density at radius 3 is 2.54 bits per heavy atom. The van der Waals surface area contributed by atoms with E-state index in [0.29, 0.717) is 17.2 Å². The van der Waals surface area contributed by atoms with Crippen molar-refractivity contribution in [1.82, 2.24) is 9.97 Å². The number of aryl methyl sites for hydroxylation is 2. The molecule has 0 aliphatic carbocycles. The third-order valence-corrected chi connectivity index (χ3v) is 4.18. The zero-order valence-electron chi connectivity index (χ0n) is 16.2. The molecular weight excluding hydrogens is 356 g/mol. The molecule has 0 aliphatic heterocycles. The average Bonchev–Trinajstić information content (AvgIpc) is 2.71. The molecule has 0 aliphatic rings. The van der Waals surface area contributed by atoms with Crippen LogP contribution in [-0.2, 0) is 0 Å². The number of benzene rings is 2. The molecule has 3 aromatic rings. The van der Waals surface area contributed by atoms with Crippen LogP contribution in [0.3, 0.4) is 0 Å². The van der Waals surface area contributed by atoms with Gasteiger partial charge < -0.3 is 20.1 Å². The Hall–Kier alpha value is -3.61. The molecule has 2 N–H and O–H groups in total. The molecule has 144 valence electrons. The lowest BCUT2D eigenvalue weighted by Crippen LogP contribution is -2.15. The zero-order chi connectivity index (χ0) is 20.1. The number of aromatic nitrogens is 2. The van der Waals surface area contributed by atoms with E-state index in [4.69, 9.17) is 9.47 Å². The molecule has 0 atom stereocenters. The molecule has 0 saturated heterocycles. The van der Waals surface area contributed by atoms with E-state index >= 15 is 0 Å². The summed E-state index contributed by atoms with van der Waals surface area (Å²) < 4.78 is 10.6. The van der Waals surface area contributed by atoms with Crippen LogP contribution in [0.5, 0.6) is 11.5 Å². The number of nitrogens with zero attached hydrogens (tertiary/aromatic N) is 2. The maximum atomic E-state index is 12.6. The number of nitrogens with one attached hydrogen (secondary N) is 2. The Morgan fingerprint density at radius 2 is 1.79 bits per heavy atom. The fraction of sp³-hybridized carbons (Fsp3) is 0.190. The largest absolute Gasteiger partial charge is 0.497 e. The van der Waals surface area contributed by atoms with Crippen molar-refractivity contribution in [2.75, 3.05) is 24.9 Å². The van der Waals surface area contributed by atoms with Crippen molar-refractivity contribution >= 4 is 23.2 Å². The maximum absolute atomic E-state index is 12.6. The van der Waals surface area contributed by atoms with E-state index in [9.17, 15) is 4.79 Å². The van der Waals surface area contributed by atoms with Gasteiger partial charge in [-0.3, -0.25) is 4.79 Å². The Labute approximate surface area is 163 Å². The number of carbonyl (C=O) groups is 1. The molecule has 3 rings (SSSR count). The van der Waals surface area contributed by atoms with Gasteiger partial charge in [0.2, 0.25) is 5.95 Å². The highest BCUT2D eigenvalue weighted by molar-refractivity contribution is 6.03. The number of methoxy groups -OCH3 is 2. The minimum atomic E-state index is -0.305. The smallest absolute Gasteiger partial charge is 0.274 e. The molecule has 0 spiro atoms. The number of amides is 1. The molecule has 1 heterocycles. The SMILES string of the molecule is COc1ccc(Nc2nccc(C(=O)Nc3cc(C)ccc3C)n2)c(OC)c1. The van der Waals surface area contributed by atoms with Crippen LogP contribution in [0, 0.1) is 13.8 Å². The second-order valence-corrected chi connectivity index (χ2v) is 6.23. The molecule has 2 aromatic carbocycles. The van der Waals surface area contributed by atoms with Crippen molar-refractivity contribution in [1.29, 1.82) is 0 Å². The van der Waals surface area contributed by atoms with E-state index in [1.54, 1.807) is 38.5 Å². The molecule has 0 radical (unpaired) electrons. The van der Waals surface area contributed by atoms with E-state index in [1.807, 2.05) is 32.0 Å². The first-order chi connectivity index (χ1) is 13.5. The fourth-order valence-corrected chi connectivity index (χ4v) is 2.62. The molecule has 28 heavy (non-hydrogen) atoms. The second-order valence-electron chi connectivity index (χ2n) is 6.23. The van der Waals surface area contributed by atoms with Crippen LogP contribution in [0.25, 0.3) is 0 Å². The molecule has 0 bridgehead atoms. The van der Waals surface area contributed by atoms with Crippen molar-refractivity contribution in [2.45, 2.75) is 13.8 Å². The lowest BCUT2D eigenvalue weighted by Gasteiger charge is -2.12. The van der Waals surface area contributed by atoms with Gasteiger partial charge in [-0.15, -0.1) is 0 Å². The lowest BCUT2D eigenvalue weighted by atomic mass is 10.1. The summed E-state index contributed by atoms with van der Waals surface area (Å²) in [7, 11) is 3.15. The molecule has 7 heteroatoms. The number of carbonyl (C=O) groups excluding carboxylic acids is 1. The van der Waals surface area contributed by atoms with Crippen LogP contribution in [0.1, 0.15) is 21.6 Å². The molecule has 0 saturated carbocycles. The Bertz CT molecular complexity index is 1000. The van der Waals surface area contributed by atoms with Gasteiger partial charge in [0.15, 0.2) is 0 Å². The van der Waals surface area contributed by atoms with Gasteiger partial charge in [-0.1, -0.05) is 12.1 Å². The number of hydrogen-bond acceptors (Lipinski definition) is 6. The Morgan fingerprint density at radius 1 is 0.964 bits per heavy atom. The number of anilines is 3. The summed E-state index contributed by atoms with van der Waals surface area (Å²) in [4.78, 5) is 21.1. The number of hydrogen-bond donors (Lipinski definition) is 2. The number of ether oxygens (including phenoxy) is 2. The van der Waals surface area contributed by atoms with Crippen molar-refractivity contribution in [3.63, 3.8) is 0 Å². The van der Waals surface area contributed by atoms with E-state index in [1.165, 1.54) is 6.20 Å². The van der Waals surface area contributed by atoms with E-state index in [2.05, 4.69) is 20.6 Å². The quantitative estimate of drug-likeness (QED) is 0.671. The topological polar surface area (TPSA) is 85.4 Å². The zero-order valence-corrected chi connectivity index (χ0v) is 16.2. The van der Waals surface area contributed by atoms with E-state index in [-0.39, 0.29) is 17.5 Å². The molecule has 0 unspecified atom stereocenters. The highest BCUT2D eigenvalue weighted by Gasteiger charge is 2.12. The first-order valence-corrected chi connectivity index (χ1v) is 8.71. The normalized spacial score (nSPS) is 10.3. The Kier molecular flexibility index (Phi) is 5.74. The van der Waals surface area contributed by atoms with Crippen molar-refractivity contribution < 1.29 is 14.3 Å². The van der Waals surface area contributed by atoms with Gasteiger partial charge in [0.05, 0.1) is 19.9 Å². The van der Waals surface area contributed by atoms with E-state index < -0.39 is 0 Å². The molecule has 7 nitrogen and oxygen atoms in total. The van der Waals surface area contributed by atoms with Gasteiger partial charge in [-0.25, -0.2) is 9.97 Å². The Balaban J connectivity index is 1.80. The second kappa shape index (κ2) is 8.39. The van der Waals surface area contributed by atoms with Crippen molar-refractivity contribution in [3.05, 3.63) is 65.5 Å². The van der Waals surface area contributed by atoms with Crippen LogP contribution in [0.4, 0.5) is 17.3 Å². The van der Waals surface area contributed by atoms with Crippen LogP contribution < -0.4 is 20.1 Å². The van der Waals surface area contributed by atoms with E-state index in [0.717, 1.165) is 16.8 Å². The highest BCUT2D eigenvalue weighted by atomic mass is 16.5. The summed E-state index contributed by atoms with van der Waals surface area (Å²) in [5, 5.41) is 5.97. The highest BCUT2D eigenvalue weighted by Crippen LogP contribution is 2.30. The monoisotopic (exact) mass is 378 g/mol. The van der Waals surface area contributed by atoms with Crippen LogP contribution in [0.15, 0.2) is 48.7 Å².